The number of rotatable bonds is 5. The van der Waals surface area contributed by atoms with Gasteiger partial charge in [0, 0.05) is 23.6 Å². The molecule has 0 spiro atoms. The standard InChI is InChI=1S/C20H15F6N5O2S/c1-34(33,31-18(27)32)9-10-4-11(20(24,25)26)6-13(5-10)29-19-28-8-16(23)17(30-19)14-3-2-12(21)7-15(14)22/h2-8H,9H2,1H3,(H2,27,32)(H,28,29,30)/t34-/m0/s1. The summed E-state index contributed by atoms with van der Waals surface area (Å²) >= 11 is 0. The van der Waals surface area contributed by atoms with E-state index in [2.05, 4.69) is 19.6 Å². The van der Waals surface area contributed by atoms with Crippen molar-refractivity contribution in [2.75, 3.05) is 11.6 Å². The SMILES string of the molecule is C[S@](=O)(Cc1cc(Nc2ncc(F)c(-c3ccc(F)cc3F)n2)cc(C(F)(F)F)c1)=NC(N)=O. The molecule has 0 radical (unpaired) electrons. The molecule has 1 atom stereocenters. The molecular weight excluding hydrogens is 488 g/mol. The highest BCUT2D eigenvalue weighted by atomic mass is 32.2. The van der Waals surface area contributed by atoms with Crippen molar-refractivity contribution in [2.24, 2.45) is 10.1 Å². The predicted molar refractivity (Wildman–Crippen MR) is 112 cm³/mol. The second-order valence-electron chi connectivity index (χ2n) is 7.09. The number of nitrogens with two attached hydrogens (primary N) is 1. The Kier molecular flexibility index (Phi) is 6.82. The number of primary amides is 1. The van der Waals surface area contributed by atoms with Gasteiger partial charge in [0.1, 0.15) is 17.3 Å². The van der Waals surface area contributed by atoms with Gasteiger partial charge in [0.2, 0.25) is 5.95 Å². The summed E-state index contributed by atoms with van der Waals surface area (Å²) in [6.07, 6.45) is -3.09. The minimum Gasteiger partial charge on any atom is -0.349 e. The molecule has 3 aromatic rings. The van der Waals surface area contributed by atoms with Gasteiger partial charge >= 0.3 is 12.2 Å². The van der Waals surface area contributed by atoms with E-state index in [9.17, 15) is 35.3 Å². The van der Waals surface area contributed by atoms with Gasteiger partial charge < -0.3 is 11.1 Å². The molecule has 1 aromatic heterocycles. The van der Waals surface area contributed by atoms with Crippen LogP contribution in [0, 0.1) is 17.5 Å². The number of hydrogen-bond donors (Lipinski definition) is 2. The lowest BCUT2D eigenvalue weighted by Gasteiger charge is -2.14. The molecule has 7 nitrogen and oxygen atoms in total. The summed E-state index contributed by atoms with van der Waals surface area (Å²) < 4.78 is 97.2. The maximum absolute atomic E-state index is 14.2. The van der Waals surface area contributed by atoms with Crippen molar-refractivity contribution in [1.29, 1.82) is 0 Å². The predicted octanol–water partition coefficient (Wildman–Crippen LogP) is 5.00. The first-order chi connectivity index (χ1) is 15.7. The highest BCUT2D eigenvalue weighted by molar-refractivity contribution is 7.92. The molecule has 0 aliphatic carbocycles. The van der Waals surface area contributed by atoms with Gasteiger partial charge in [0.05, 0.1) is 27.2 Å². The van der Waals surface area contributed by atoms with Gasteiger partial charge in [-0.25, -0.2) is 32.1 Å². The average molecular weight is 503 g/mol. The van der Waals surface area contributed by atoms with Crippen LogP contribution in [0.25, 0.3) is 11.3 Å². The molecular formula is C20H15F6N5O2S. The van der Waals surface area contributed by atoms with Crippen LogP contribution in [0.5, 0.6) is 0 Å². The average Bonchev–Trinajstić information content (AvgIpc) is 2.67. The lowest BCUT2D eigenvalue weighted by Crippen LogP contribution is -2.12. The summed E-state index contributed by atoms with van der Waals surface area (Å²) in [7, 11) is -3.29. The second-order valence-corrected chi connectivity index (χ2v) is 9.48. The number of hydrogen-bond acceptors (Lipinski definition) is 5. The lowest BCUT2D eigenvalue weighted by atomic mass is 10.1. The van der Waals surface area contributed by atoms with Gasteiger partial charge in [0.25, 0.3) is 0 Å². The number of aromatic nitrogens is 2. The van der Waals surface area contributed by atoms with E-state index in [1.54, 1.807) is 0 Å². The smallest absolute Gasteiger partial charge is 0.349 e. The van der Waals surface area contributed by atoms with Gasteiger partial charge in [-0.15, -0.1) is 4.36 Å². The molecule has 0 fully saturated rings. The fraction of sp³-hybridized carbons (Fsp3) is 0.150. The van der Waals surface area contributed by atoms with Gasteiger partial charge in [-0.3, -0.25) is 0 Å². The van der Waals surface area contributed by atoms with Gasteiger partial charge in [-0.1, -0.05) is 0 Å². The molecule has 3 N–H and O–H groups in total. The number of halogens is 6. The Morgan fingerprint density at radius 2 is 1.82 bits per heavy atom. The number of carbonyl (C=O) groups excluding carboxylic acids is 1. The molecule has 3 rings (SSSR count). The highest BCUT2D eigenvalue weighted by Gasteiger charge is 2.31. The van der Waals surface area contributed by atoms with Gasteiger partial charge in [0.15, 0.2) is 5.82 Å². The zero-order valence-corrected chi connectivity index (χ0v) is 18.0. The molecule has 0 aliphatic rings. The number of carbonyl (C=O) groups is 1. The van der Waals surface area contributed by atoms with Crippen molar-refractivity contribution in [3.05, 3.63) is 71.2 Å². The summed E-state index contributed by atoms with van der Waals surface area (Å²) in [6, 6.07) is 3.68. The van der Waals surface area contributed by atoms with Crippen molar-refractivity contribution in [3.63, 3.8) is 0 Å². The van der Waals surface area contributed by atoms with Crippen molar-refractivity contribution < 1.29 is 35.3 Å². The van der Waals surface area contributed by atoms with E-state index in [1.807, 2.05) is 0 Å². The first kappa shape index (κ1) is 25.0. The summed E-state index contributed by atoms with van der Waals surface area (Å²) in [5.74, 6) is -4.00. The molecule has 0 aliphatic heterocycles. The molecule has 2 aromatic carbocycles. The molecule has 1 heterocycles. The molecule has 0 saturated heterocycles. The Balaban J connectivity index is 2.04. The Hall–Kier alpha value is -3.68. The molecule has 14 heteroatoms. The van der Waals surface area contributed by atoms with Crippen LogP contribution in [0.15, 0.2) is 47.0 Å². The van der Waals surface area contributed by atoms with Crippen LogP contribution in [0.1, 0.15) is 11.1 Å². The number of nitrogens with one attached hydrogen (secondary N) is 1. The Morgan fingerprint density at radius 3 is 2.44 bits per heavy atom. The van der Waals surface area contributed by atoms with Gasteiger partial charge in [-0.05, 0) is 35.9 Å². The quantitative estimate of drug-likeness (QED) is 0.476. The third-order valence-electron chi connectivity index (χ3n) is 4.22. The van der Waals surface area contributed by atoms with Crippen LogP contribution in [0.4, 0.5) is 42.8 Å². The molecule has 0 saturated carbocycles. The summed E-state index contributed by atoms with van der Waals surface area (Å²) in [6.45, 7) is 0. The maximum atomic E-state index is 14.2. The van der Waals surface area contributed by atoms with Crippen LogP contribution < -0.4 is 11.1 Å². The third kappa shape index (κ3) is 6.21. The van der Waals surface area contributed by atoms with Crippen molar-refractivity contribution in [1.82, 2.24) is 9.97 Å². The fourth-order valence-electron chi connectivity index (χ4n) is 2.97. The van der Waals surface area contributed by atoms with Crippen molar-refractivity contribution in [2.45, 2.75) is 11.9 Å². The highest BCUT2D eigenvalue weighted by Crippen LogP contribution is 2.33. The van der Waals surface area contributed by atoms with E-state index in [1.165, 1.54) is 6.07 Å². The first-order valence-electron chi connectivity index (χ1n) is 9.19. The normalized spacial score (nSPS) is 13.3. The number of alkyl halides is 3. The number of nitrogens with zero attached hydrogens (tertiary/aromatic N) is 3. The van der Waals surface area contributed by atoms with E-state index < -0.39 is 67.9 Å². The molecule has 34 heavy (non-hydrogen) atoms. The Labute approximate surface area is 189 Å². The molecule has 180 valence electrons. The second kappa shape index (κ2) is 9.29. The number of benzene rings is 2. The monoisotopic (exact) mass is 503 g/mol. The summed E-state index contributed by atoms with van der Waals surface area (Å²) in [5.41, 5.74) is 2.47. The van der Waals surface area contributed by atoms with Crippen molar-refractivity contribution in [3.8, 4) is 11.3 Å². The third-order valence-corrected chi connectivity index (χ3v) is 5.66. The minimum absolute atomic E-state index is 0.110. The zero-order valence-electron chi connectivity index (χ0n) is 17.2. The van der Waals surface area contributed by atoms with E-state index in [0.29, 0.717) is 18.3 Å². The molecule has 2 amide bonds. The topological polar surface area (TPSA) is 110 Å². The number of urea groups is 1. The molecule has 0 unspecified atom stereocenters. The van der Waals surface area contributed by atoms with Crippen molar-refractivity contribution >= 4 is 27.4 Å². The maximum Gasteiger partial charge on any atom is 0.416 e. The largest absolute Gasteiger partial charge is 0.416 e. The number of anilines is 2. The zero-order chi connectivity index (χ0) is 25.3. The van der Waals surface area contributed by atoms with Crippen LogP contribution in [0.3, 0.4) is 0 Å². The van der Waals surface area contributed by atoms with E-state index in [0.717, 1.165) is 24.5 Å². The summed E-state index contributed by atoms with van der Waals surface area (Å²) in [5, 5.41) is 2.45. The van der Waals surface area contributed by atoms with E-state index in [-0.39, 0.29) is 11.3 Å². The van der Waals surface area contributed by atoms with E-state index >= 15 is 0 Å². The lowest BCUT2D eigenvalue weighted by molar-refractivity contribution is -0.137. The first-order valence-corrected chi connectivity index (χ1v) is 11.3. The Morgan fingerprint density at radius 1 is 1.12 bits per heavy atom. The summed E-state index contributed by atoms with van der Waals surface area (Å²) in [4.78, 5) is 18.4. The fourth-order valence-corrected chi connectivity index (χ4v) is 4.20. The number of amides is 2. The minimum atomic E-state index is -4.80. The van der Waals surface area contributed by atoms with Crippen LogP contribution in [0.2, 0.25) is 0 Å². The van der Waals surface area contributed by atoms with Crippen LogP contribution in [-0.2, 0) is 21.7 Å². The van der Waals surface area contributed by atoms with Gasteiger partial charge in [-0.2, -0.15) is 13.2 Å². The Bertz CT molecular complexity index is 1390. The molecule has 0 bridgehead atoms. The van der Waals surface area contributed by atoms with E-state index in [4.69, 9.17) is 5.73 Å². The van der Waals surface area contributed by atoms with Crippen LogP contribution in [-0.4, -0.2) is 26.5 Å². The van der Waals surface area contributed by atoms with Crippen LogP contribution >= 0.6 is 0 Å².